The molecular formula is C39H31N. The molecule has 0 unspecified atom stereocenters. The summed E-state index contributed by atoms with van der Waals surface area (Å²) in [5, 5.41) is 7.72. The van der Waals surface area contributed by atoms with Crippen molar-refractivity contribution >= 4 is 32.3 Å². The molecule has 7 rings (SSSR count). The van der Waals surface area contributed by atoms with E-state index >= 15 is 0 Å². The summed E-state index contributed by atoms with van der Waals surface area (Å²) in [5.74, 6) is 0. The Hall–Kier alpha value is -4.75. The molecule has 6 aromatic carbocycles. The third-order valence-electron chi connectivity index (χ3n) is 8.12. The van der Waals surface area contributed by atoms with Gasteiger partial charge in [-0.05, 0) is 97.2 Å². The van der Waals surface area contributed by atoms with Crippen LogP contribution in [0.1, 0.15) is 24.5 Å². The average molecular weight is 514 g/mol. The highest BCUT2D eigenvalue weighted by atomic mass is 14.7. The van der Waals surface area contributed by atoms with Gasteiger partial charge >= 0.3 is 0 Å². The molecule has 0 bridgehead atoms. The molecule has 0 aliphatic heterocycles. The topological polar surface area (TPSA) is 12.9 Å². The predicted octanol–water partition coefficient (Wildman–Crippen LogP) is 10.8. The summed E-state index contributed by atoms with van der Waals surface area (Å²) >= 11 is 0. The number of benzene rings is 6. The van der Waals surface area contributed by atoms with Crippen molar-refractivity contribution in [2.75, 3.05) is 0 Å². The van der Waals surface area contributed by atoms with Gasteiger partial charge in [-0.1, -0.05) is 116 Å². The molecular weight excluding hydrogens is 482 g/mol. The normalized spacial score (nSPS) is 11.4. The first kappa shape index (κ1) is 24.3. The van der Waals surface area contributed by atoms with E-state index in [1.54, 1.807) is 0 Å². The zero-order valence-electron chi connectivity index (χ0n) is 23.0. The number of aromatic nitrogens is 1. The smallest absolute Gasteiger partial charge is 0.0704 e. The summed E-state index contributed by atoms with van der Waals surface area (Å²) in [6.45, 7) is 4.43. The fraction of sp³-hybridized carbons (Fsp3) is 0.103. The second-order valence-electron chi connectivity index (χ2n) is 10.7. The summed E-state index contributed by atoms with van der Waals surface area (Å²) < 4.78 is 0. The van der Waals surface area contributed by atoms with Gasteiger partial charge in [0.25, 0.3) is 0 Å². The molecule has 0 N–H and O–H groups in total. The molecule has 0 fully saturated rings. The molecule has 1 heteroatoms. The van der Waals surface area contributed by atoms with Crippen molar-refractivity contribution in [3.8, 4) is 33.5 Å². The third kappa shape index (κ3) is 4.15. The predicted molar refractivity (Wildman–Crippen MR) is 172 cm³/mol. The van der Waals surface area contributed by atoms with Crippen LogP contribution >= 0.6 is 0 Å². The zero-order chi connectivity index (χ0) is 27.1. The van der Waals surface area contributed by atoms with Crippen molar-refractivity contribution in [3.63, 3.8) is 0 Å². The van der Waals surface area contributed by atoms with Crippen LogP contribution in [0.15, 0.2) is 128 Å². The van der Waals surface area contributed by atoms with Crippen LogP contribution in [0.4, 0.5) is 0 Å². The van der Waals surface area contributed by atoms with Gasteiger partial charge in [-0.25, -0.2) is 0 Å². The molecule has 192 valence electrons. The maximum absolute atomic E-state index is 4.59. The number of pyridine rings is 1. The van der Waals surface area contributed by atoms with Crippen molar-refractivity contribution in [2.24, 2.45) is 0 Å². The maximum Gasteiger partial charge on any atom is 0.0704 e. The number of fused-ring (bicyclic) bond motifs is 3. The molecule has 1 nitrogen and oxygen atoms in total. The average Bonchev–Trinajstić information content (AvgIpc) is 3.00. The first-order chi connectivity index (χ1) is 19.7. The van der Waals surface area contributed by atoms with Gasteiger partial charge in [0.1, 0.15) is 0 Å². The first-order valence-electron chi connectivity index (χ1n) is 14.2. The summed E-state index contributed by atoms with van der Waals surface area (Å²) in [6, 6.07) is 44.5. The van der Waals surface area contributed by atoms with Crippen LogP contribution in [0, 0.1) is 6.92 Å². The van der Waals surface area contributed by atoms with Crippen LogP contribution in [0.5, 0.6) is 0 Å². The lowest BCUT2D eigenvalue weighted by molar-refractivity contribution is 0.924. The summed E-state index contributed by atoms with van der Waals surface area (Å²) in [4.78, 5) is 4.59. The van der Waals surface area contributed by atoms with Crippen molar-refractivity contribution in [2.45, 2.75) is 26.7 Å². The van der Waals surface area contributed by atoms with E-state index in [4.69, 9.17) is 0 Å². The standard InChI is InChI=1S/C39H31N/c1-3-10-27-16-17-28-18-19-30(25-31(28)24-27)39-35-13-6-4-11-33(35)38(34-12-5-7-14-36(34)39)29-20-21-32(26(2)23-29)37-15-8-9-22-40-37/h4-9,11-25H,3,10H2,1-2H3. The van der Waals surface area contributed by atoms with Gasteiger partial charge in [0.15, 0.2) is 0 Å². The molecule has 0 aliphatic carbocycles. The Kier molecular flexibility index (Phi) is 6.13. The Morgan fingerprint density at radius 1 is 0.550 bits per heavy atom. The molecule has 0 radical (unpaired) electrons. The minimum absolute atomic E-state index is 1.01. The van der Waals surface area contributed by atoms with E-state index < -0.39 is 0 Å². The second kappa shape index (κ2) is 10.1. The van der Waals surface area contributed by atoms with E-state index in [2.05, 4.69) is 128 Å². The summed E-state index contributed by atoms with van der Waals surface area (Å²) in [7, 11) is 0. The van der Waals surface area contributed by atoms with Crippen LogP contribution in [-0.4, -0.2) is 4.98 Å². The fourth-order valence-electron chi connectivity index (χ4n) is 6.27. The lowest BCUT2D eigenvalue weighted by Crippen LogP contribution is -1.92. The Morgan fingerprint density at radius 3 is 1.75 bits per heavy atom. The number of rotatable bonds is 5. The molecule has 0 saturated carbocycles. The Morgan fingerprint density at radius 2 is 1.15 bits per heavy atom. The monoisotopic (exact) mass is 513 g/mol. The molecule has 0 spiro atoms. The van der Waals surface area contributed by atoms with Crippen molar-refractivity contribution in [1.29, 1.82) is 0 Å². The summed E-state index contributed by atoms with van der Waals surface area (Å²) in [6.07, 6.45) is 4.13. The quantitative estimate of drug-likeness (QED) is 0.209. The van der Waals surface area contributed by atoms with Crippen LogP contribution in [0.25, 0.3) is 65.8 Å². The summed E-state index contributed by atoms with van der Waals surface area (Å²) in [5.41, 5.74) is 9.91. The maximum atomic E-state index is 4.59. The van der Waals surface area contributed by atoms with Crippen molar-refractivity contribution in [1.82, 2.24) is 4.98 Å². The van der Waals surface area contributed by atoms with Gasteiger partial charge in [0, 0.05) is 11.8 Å². The van der Waals surface area contributed by atoms with E-state index in [1.165, 1.54) is 71.3 Å². The minimum Gasteiger partial charge on any atom is -0.256 e. The zero-order valence-corrected chi connectivity index (χ0v) is 23.0. The third-order valence-corrected chi connectivity index (χ3v) is 8.12. The number of hydrogen-bond acceptors (Lipinski definition) is 1. The number of nitrogens with zero attached hydrogens (tertiary/aromatic N) is 1. The van der Waals surface area contributed by atoms with Gasteiger partial charge < -0.3 is 0 Å². The molecule has 7 aromatic rings. The van der Waals surface area contributed by atoms with E-state index in [0.717, 1.165) is 18.5 Å². The molecule has 1 aromatic heterocycles. The fourth-order valence-corrected chi connectivity index (χ4v) is 6.27. The molecule has 0 atom stereocenters. The largest absolute Gasteiger partial charge is 0.256 e. The van der Waals surface area contributed by atoms with Crippen molar-refractivity contribution < 1.29 is 0 Å². The Labute approximate surface area is 235 Å². The molecule has 0 saturated heterocycles. The van der Waals surface area contributed by atoms with E-state index in [1.807, 2.05) is 18.3 Å². The minimum atomic E-state index is 1.01. The lowest BCUT2D eigenvalue weighted by Gasteiger charge is -2.19. The Balaban J connectivity index is 1.48. The number of hydrogen-bond donors (Lipinski definition) is 0. The van der Waals surface area contributed by atoms with E-state index in [9.17, 15) is 0 Å². The van der Waals surface area contributed by atoms with Crippen LogP contribution < -0.4 is 0 Å². The Bertz CT molecular complexity index is 1960. The first-order valence-corrected chi connectivity index (χ1v) is 14.2. The van der Waals surface area contributed by atoms with Crippen LogP contribution in [0.2, 0.25) is 0 Å². The van der Waals surface area contributed by atoms with Gasteiger partial charge in [-0.3, -0.25) is 4.98 Å². The molecule has 40 heavy (non-hydrogen) atoms. The second-order valence-corrected chi connectivity index (χ2v) is 10.7. The highest BCUT2D eigenvalue weighted by Crippen LogP contribution is 2.44. The highest BCUT2D eigenvalue weighted by molar-refractivity contribution is 6.21. The van der Waals surface area contributed by atoms with Gasteiger partial charge in [0.05, 0.1) is 5.69 Å². The number of aryl methyl sites for hydroxylation is 2. The lowest BCUT2D eigenvalue weighted by atomic mass is 9.85. The van der Waals surface area contributed by atoms with Crippen LogP contribution in [-0.2, 0) is 6.42 Å². The van der Waals surface area contributed by atoms with Crippen LogP contribution in [0.3, 0.4) is 0 Å². The highest BCUT2D eigenvalue weighted by Gasteiger charge is 2.17. The van der Waals surface area contributed by atoms with E-state index in [-0.39, 0.29) is 0 Å². The van der Waals surface area contributed by atoms with Gasteiger partial charge in [-0.15, -0.1) is 0 Å². The van der Waals surface area contributed by atoms with Gasteiger partial charge in [0.2, 0.25) is 0 Å². The molecule has 0 amide bonds. The van der Waals surface area contributed by atoms with E-state index in [0.29, 0.717) is 0 Å². The molecule has 1 heterocycles. The van der Waals surface area contributed by atoms with Gasteiger partial charge in [-0.2, -0.15) is 0 Å². The SMILES string of the molecule is CCCc1ccc2ccc(-c3c4ccccc4c(-c4ccc(-c5ccccn5)c(C)c4)c4ccccc34)cc2c1. The van der Waals surface area contributed by atoms with Crippen molar-refractivity contribution in [3.05, 3.63) is 139 Å². The molecule has 0 aliphatic rings.